The van der Waals surface area contributed by atoms with E-state index in [9.17, 15) is 0 Å². The van der Waals surface area contributed by atoms with Gasteiger partial charge in [0, 0.05) is 0 Å². The third-order valence-electron chi connectivity index (χ3n) is 7.04. The van der Waals surface area contributed by atoms with Crippen LogP contribution in [-0.2, 0) is 6.54 Å². The first kappa shape index (κ1) is 24.3. The van der Waals surface area contributed by atoms with Gasteiger partial charge in [-0.25, -0.2) is 0 Å². The minimum atomic E-state index is -2.14. The van der Waals surface area contributed by atoms with Crippen LogP contribution in [0.15, 0.2) is 30.3 Å². The molecule has 0 unspecified atom stereocenters. The molecule has 0 aromatic heterocycles. The van der Waals surface area contributed by atoms with Gasteiger partial charge in [0.2, 0.25) is 0 Å². The van der Waals surface area contributed by atoms with Crippen LogP contribution >= 0.6 is 0 Å². The number of hydrogen-bond acceptors (Lipinski definition) is 1. The molecule has 2 heteroatoms. The van der Waals surface area contributed by atoms with Gasteiger partial charge >= 0.3 is 181 Å². The molecular weight excluding hydrogens is 445 g/mol. The van der Waals surface area contributed by atoms with Gasteiger partial charge in [-0.1, -0.05) is 0 Å². The third-order valence-corrected chi connectivity index (χ3v) is 22.2. The van der Waals surface area contributed by atoms with Gasteiger partial charge in [-0.05, 0) is 0 Å². The quantitative estimate of drug-likeness (QED) is 0.237. The van der Waals surface area contributed by atoms with Crippen molar-refractivity contribution >= 4 is 18.4 Å². The summed E-state index contributed by atoms with van der Waals surface area (Å²) in [6, 6.07) is 12.2. The molecular formula is C26H47NSn. The summed E-state index contributed by atoms with van der Waals surface area (Å²) in [6.07, 6.45) is 15.9. The van der Waals surface area contributed by atoms with Crippen LogP contribution < -0.4 is 0 Å². The van der Waals surface area contributed by atoms with Crippen LogP contribution in [-0.4, -0.2) is 33.9 Å². The molecule has 0 N–H and O–H groups in total. The van der Waals surface area contributed by atoms with Crippen LogP contribution in [0.1, 0.15) is 97.0 Å². The van der Waals surface area contributed by atoms with Gasteiger partial charge in [0.15, 0.2) is 0 Å². The van der Waals surface area contributed by atoms with Crippen molar-refractivity contribution in [2.24, 2.45) is 0 Å². The van der Waals surface area contributed by atoms with Crippen molar-refractivity contribution in [2.75, 3.05) is 4.56 Å². The van der Waals surface area contributed by atoms with Crippen LogP contribution in [0.4, 0.5) is 0 Å². The molecule has 2 rings (SSSR count). The van der Waals surface area contributed by atoms with Crippen LogP contribution in [0.25, 0.3) is 0 Å². The number of rotatable bonds is 14. The molecule has 0 radical (unpaired) electrons. The van der Waals surface area contributed by atoms with E-state index >= 15 is 0 Å². The predicted molar refractivity (Wildman–Crippen MR) is 129 cm³/mol. The van der Waals surface area contributed by atoms with Gasteiger partial charge < -0.3 is 0 Å². The Kier molecular flexibility index (Phi) is 12.2. The van der Waals surface area contributed by atoms with E-state index in [0.717, 1.165) is 6.04 Å². The monoisotopic (exact) mass is 493 g/mol. The summed E-state index contributed by atoms with van der Waals surface area (Å²) in [6.45, 7) is 8.41. The molecule has 1 aliphatic carbocycles. The Hall–Kier alpha value is -0.0213. The summed E-state index contributed by atoms with van der Waals surface area (Å²) in [5.74, 6) is 0. The second-order valence-electron chi connectivity index (χ2n) is 9.49. The average Bonchev–Trinajstić information content (AvgIpc) is 2.75. The molecule has 0 amide bonds. The predicted octanol–water partition coefficient (Wildman–Crippen LogP) is 8.21. The molecule has 1 nitrogen and oxygen atoms in total. The first-order chi connectivity index (χ1) is 13.7. The minimum absolute atomic E-state index is 0.856. The van der Waals surface area contributed by atoms with Crippen LogP contribution in [0.5, 0.6) is 0 Å². The number of benzene rings is 1. The number of hydrogen-bond donors (Lipinski definition) is 0. The maximum absolute atomic E-state index is 3.02. The fourth-order valence-electron chi connectivity index (χ4n) is 5.28. The Morgan fingerprint density at radius 2 is 1.32 bits per heavy atom. The van der Waals surface area contributed by atoms with Crippen molar-refractivity contribution in [3.63, 3.8) is 0 Å². The van der Waals surface area contributed by atoms with Gasteiger partial charge in [0.05, 0.1) is 0 Å². The van der Waals surface area contributed by atoms with Crippen LogP contribution in [0.3, 0.4) is 0 Å². The molecule has 0 aliphatic heterocycles. The van der Waals surface area contributed by atoms with Gasteiger partial charge in [-0.15, -0.1) is 0 Å². The van der Waals surface area contributed by atoms with E-state index in [1.807, 2.05) is 0 Å². The molecule has 1 aromatic carbocycles. The van der Waals surface area contributed by atoms with E-state index in [1.165, 1.54) is 87.3 Å². The summed E-state index contributed by atoms with van der Waals surface area (Å²) in [5, 5.41) is 0. The van der Waals surface area contributed by atoms with Crippen molar-refractivity contribution in [3.05, 3.63) is 35.9 Å². The van der Waals surface area contributed by atoms with Crippen LogP contribution in [0.2, 0.25) is 13.3 Å². The zero-order valence-corrected chi connectivity index (χ0v) is 22.1. The molecule has 1 saturated carbocycles. The number of unbranched alkanes of at least 4 members (excludes halogenated alkanes) is 3. The molecule has 0 saturated heterocycles. The van der Waals surface area contributed by atoms with E-state index in [-0.39, 0.29) is 0 Å². The normalized spacial score (nSPS) is 16.0. The van der Waals surface area contributed by atoms with Gasteiger partial charge in [-0.2, -0.15) is 0 Å². The Bertz CT molecular complexity index is 473. The third kappa shape index (κ3) is 8.38. The van der Waals surface area contributed by atoms with Gasteiger partial charge in [0.1, 0.15) is 0 Å². The summed E-state index contributed by atoms with van der Waals surface area (Å²) in [4.78, 5) is 3.02. The van der Waals surface area contributed by atoms with Crippen molar-refractivity contribution in [3.8, 4) is 0 Å². The first-order valence-corrected chi connectivity index (χ1v) is 20.6. The van der Waals surface area contributed by atoms with Crippen LogP contribution in [0, 0.1) is 0 Å². The van der Waals surface area contributed by atoms with E-state index in [2.05, 4.69) is 56.0 Å². The topological polar surface area (TPSA) is 3.24 Å². The Balaban J connectivity index is 2.21. The zero-order valence-electron chi connectivity index (χ0n) is 19.2. The fourth-order valence-corrected chi connectivity index (χ4v) is 21.7. The first-order valence-electron chi connectivity index (χ1n) is 12.5. The van der Waals surface area contributed by atoms with E-state index < -0.39 is 18.4 Å². The Morgan fingerprint density at radius 1 is 0.786 bits per heavy atom. The van der Waals surface area contributed by atoms with E-state index in [1.54, 1.807) is 13.3 Å². The van der Waals surface area contributed by atoms with E-state index in [4.69, 9.17) is 0 Å². The molecule has 1 fully saturated rings. The Labute approximate surface area is 180 Å². The zero-order chi connectivity index (χ0) is 20.1. The molecule has 0 spiro atoms. The summed E-state index contributed by atoms with van der Waals surface area (Å²) in [7, 11) is 0. The van der Waals surface area contributed by atoms with Crippen molar-refractivity contribution < 1.29 is 0 Å². The SMILES string of the molecule is CCC[CH2][Sn]([CH2]CCC)([CH2]CCC)[CH2]N(Cc1ccccc1)C1CCCCC1. The Morgan fingerprint density at radius 3 is 1.82 bits per heavy atom. The molecule has 0 atom stereocenters. The number of nitrogens with zero attached hydrogens (tertiary/aromatic N) is 1. The van der Waals surface area contributed by atoms with Gasteiger partial charge in [0.25, 0.3) is 0 Å². The molecule has 0 bridgehead atoms. The van der Waals surface area contributed by atoms with Crippen molar-refractivity contribution in [1.82, 2.24) is 4.90 Å². The average molecular weight is 492 g/mol. The summed E-state index contributed by atoms with van der Waals surface area (Å²) in [5.41, 5.74) is 1.54. The summed E-state index contributed by atoms with van der Waals surface area (Å²) < 4.78 is 6.46. The van der Waals surface area contributed by atoms with Crippen molar-refractivity contribution in [1.29, 1.82) is 0 Å². The van der Waals surface area contributed by atoms with Gasteiger partial charge in [-0.3, -0.25) is 0 Å². The van der Waals surface area contributed by atoms with Crippen molar-refractivity contribution in [2.45, 2.75) is 117 Å². The standard InChI is InChI=1S/C14H20N.3C4H9.Sn/c1-15(14-10-6-3-7-11-14)12-13-8-4-2-5-9-13;3*1-3-4-2;/h2,4-5,8-9,14H,1,3,6-7,10-12H2;3*1,3-4H2,2H3;. The molecule has 28 heavy (non-hydrogen) atoms. The maximum atomic E-state index is 3.02. The summed E-state index contributed by atoms with van der Waals surface area (Å²) >= 11 is -2.14. The molecule has 1 aromatic rings. The fraction of sp³-hybridized carbons (Fsp3) is 0.769. The molecule has 1 aliphatic rings. The molecule has 0 heterocycles. The second-order valence-corrected chi connectivity index (χ2v) is 23.2. The molecule has 160 valence electrons. The van der Waals surface area contributed by atoms with E-state index in [0.29, 0.717) is 0 Å². The second kappa shape index (κ2) is 14.1.